The summed E-state index contributed by atoms with van der Waals surface area (Å²) in [5.41, 5.74) is 0.975. The molecule has 2 rings (SSSR count). The van der Waals surface area contributed by atoms with Crippen molar-refractivity contribution in [1.29, 1.82) is 0 Å². The van der Waals surface area contributed by atoms with Crippen molar-refractivity contribution < 1.29 is 4.39 Å². The molecule has 3 heteroatoms. The van der Waals surface area contributed by atoms with Crippen LogP contribution < -0.4 is 0 Å². The number of thiophene rings is 1. The molecule has 2 aromatic rings. The zero-order valence-electron chi connectivity index (χ0n) is 9.13. The second-order valence-electron chi connectivity index (χ2n) is 3.99. The van der Waals surface area contributed by atoms with Gasteiger partial charge in [0.1, 0.15) is 5.82 Å². The molecule has 0 N–H and O–H groups in total. The van der Waals surface area contributed by atoms with Crippen LogP contribution in [0, 0.1) is 5.82 Å². The fourth-order valence-corrected chi connectivity index (χ4v) is 2.65. The van der Waals surface area contributed by atoms with E-state index in [-0.39, 0.29) is 10.8 Å². The Hall–Kier alpha value is -0.860. The largest absolute Gasteiger partial charge is 0.205 e. The highest BCUT2D eigenvalue weighted by Crippen LogP contribution is 2.33. The zero-order chi connectivity index (χ0) is 11.7. The van der Waals surface area contributed by atoms with E-state index >= 15 is 0 Å². The Bertz CT molecular complexity index is 502. The third-order valence-electron chi connectivity index (χ3n) is 2.40. The van der Waals surface area contributed by atoms with E-state index in [4.69, 9.17) is 11.6 Å². The lowest BCUT2D eigenvalue weighted by molar-refractivity contribution is 0.628. The Morgan fingerprint density at radius 2 is 1.94 bits per heavy atom. The van der Waals surface area contributed by atoms with Crippen molar-refractivity contribution in [2.24, 2.45) is 0 Å². The normalized spacial score (nSPS) is 11.1. The summed E-state index contributed by atoms with van der Waals surface area (Å²) >= 11 is 7.49. The van der Waals surface area contributed by atoms with Crippen LogP contribution in [0.25, 0.3) is 10.4 Å². The van der Waals surface area contributed by atoms with Gasteiger partial charge in [-0.25, -0.2) is 4.39 Å². The predicted octanol–water partition coefficient (Wildman–Crippen LogP) is 5.33. The molecule has 0 atom stereocenters. The van der Waals surface area contributed by atoms with Crippen LogP contribution in [0.5, 0.6) is 0 Å². The van der Waals surface area contributed by atoms with Gasteiger partial charge >= 0.3 is 0 Å². The van der Waals surface area contributed by atoms with Crippen molar-refractivity contribution >= 4 is 22.9 Å². The fourth-order valence-electron chi connectivity index (χ4n) is 1.47. The molecule has 1 aromatic carbocycles. The molecule has 0 aliphatic heterocycles. The Labute approximate surface area is 104 Å². The Morgan fingerprint density at radius 3 is 2.50 bits per heavy atom. The van der Waals surface area contributed by atoms with Crippen LogP contribution in [0.15, 0.2) is 30.3 Å². The number of hydrogen-bond donors (Lipinski definition) is 0. The molecule has 0 fully saturated rings. The molecular formula is C13H12ClFS. The van der Waals surface area contributed by atoms with Crippen molar-refractivity contribution in [2.75, 3.05) is 0 Å². The maximum absolute atomic E-state index is 13.0. The van der Waals surface area contributed by atoms with Crippen molar-refractivity contribution in [1.82, 2.24) is 0 Å². The molecule has 0 aliphatic rings. The van der Waals surface area contributed by atoms with Gasteiger partial charge < -0.3 is 0 Å². The number of rotatable bonds is 2. The van der Waals surface area contributed by atoms with Crippen LogP contribution in [0.4, 0.5) is 4.39 Å². The summed E-state index contributed by atoms with van der Waals surface area (Å²) < 4.78 is 13.0. The first kappa shape index (κ1) is 11.6. The molecule has 0 radical (unpaired) electrons. The second kappa shape index (κ2) is 4.56. The summed E-state index contributed by atoms with van der Waals surface area (Å²) in [6.45, 7) is 4.32. The first-order valence-electron chi connectivity index (χ1n) is 5.13. The van der Waals surface area contributed by atoms with E-state index in [2.05, 4.69) is 26.0 Å². The van der Waals surface area contributed by atoms with Crippen LogP contribution >= 0.6 is 22.9 Å². The molecule has 84 valence electrons. The third kappa shape index (κ3) is 2.28. The summed E-state index contributed by atoms with van der Waals surface area (Å²) in [7, 11) is 0. The molecule has 0 amide bonds. The standard InChI is InChI=1S/C13H12ClFS/c1-8(2)12-5-6-13(16-12)9-3-4-11(15)10(14)7-9/h3-8H,1-2H3. The average Bonchev–Trinajstić information content (AvgIpc) is 2.71. The van der Waals surface area contributed by atoms with Crippen LogP contribution in [0.3, 0.4) is 0 Å². The minimum Gasteiger partial charge on any atom is -0.205 e. The molecule has 16 heavy (non-hydrogen) atoms. The van der Waals surface area contributed by atoms with E-state index in [1.807, 2.05) is 0 Å². The van der Waals surface area contributed by atoms with Crippen molar-refractivity contribution in [2.45, 2.75) is 19.8 Å². The molecular weight excluding hydrogens is 243 g/mol. The Kier molecular flexibility index (Phi) is 3.31. The van der Waals surface area contributed by atoms with Gasteiger partial charge in [-0.2, -0.15) is 0 Å². The number of halogens is 2. The lowest BCUT2D eigenvalue weighted by Gasteiger charge is -2.00. The average molecular weight is 255 g/mol. The highest BCUT2D eigenvalue weighted by Gasteiger charge is 2.07. The quantitative estimate of drug-likeness (QED) is 0.679. The summed E-state index contributed by atoms with van der Waals surface area (Å²) in [5.74, 6) is 0.153. The molecule has 0 bridgehead atoms. The van der Waals surface area contributed by atoms with Gasteiger partial charge in [-0.1, -0.05) is 31.5 Å². The van der Waals surface area contributed by atoms with E-state index < -0.39 is 0 Å². The van der Waals surface area contributed by atoms with Crippen molar-refractivity contribution in [3.8, 4) is 10.4 Å². The van der Waals surface area contributed by atoms with Gasteiger partial charge in [-0.15, -0.1) is 11.3 Å². The van der Waals surface area contributed by atoms with E-state index in [9.17, 15) is 4.39 Å². The summed E-state index contributed by atoms with van der Waals surface area (Å²) in [6, 6.07) is 9.02. The summed E-state index contributed by atoms with van der Waals surface area (Å²) in [4.78, 5) is 2.46. The maximum Gasteiger partial charge on any atom is 0.141 e. The van der Waals surface area contributed by atoms with E-state index in [1.54, 1.807) is 23.5 Å². The van der Waals surface area contributed by atoms with Gasteiger partial charge in [0.05, 0.1) is 5.02 Å². The van der Waals surface area contributed by atoms with E-state index in [1.165, 1.54) is 10.9 Å². The molecule has 1 aromatic heterocycles. The first-order chi connectivity index (χ1) is 7.58. The fraction of sp³-hybridized carbons (Fsp3) is 0.231. The molecule has 1 heterocycles. The molecule has 0 nitrogen and oxygen atoms in total. The van der Waals surface area contributed by atoms with Crippen LogP contribution in [0.2, 0.25) is 5.02 Å². The smallest absolute Gasteiger partial charge is 0.141 e. The molecule has 0 saturated heterocycles. The monoisotopic (exact) mass is 254 g/mol. The van der Waals surface area contributed by atoms with E-state index in [0.29, 0.717) is 5.92 Å². The molecule has 0 spiro atoms. The first-order valence-corrected chi connectivity index (χ1v) is 6.32. The van der Waals surface area contributed by atoms with Gasteiger partial charge in [-0.3, -0.25) is 0 Å². The zero-order valence-corrected chi connectivity index (χ0v) is 10.7. The minimum absolute atomic E-state index is 0.178. The summed E-state index contributed by atoms with van der Waals surface area (Å²) in [6.07, 6.45) is 0. The second-order valence-corrected chi connectivity index (χ2v) is 5.51. The maximum atomic E-state index is 13.0. The Morgan fingerprint density at radius 1 is 1.19 bits per heavy atom. The van der Waals surface area contributed by atoms with Crippen molar-refractivity contribution in [3.05, 3.63) is 46.0 Å². The highest BCUT2D eigenvalue weighted by molar-refractivity contribution is 7.15. The van der Waals surface area contributed by atoms with Gasteiger partial charge in [0.25, 0.3) is 0 Å². The van der Waals surface area contributed by atoms with Gasteiger partial charge in [-0.05, 0) is 35.7 Å². The summed E-state index contributed by atoms with van der Waals surface area (Å²) in [5, 5.41) is 0.178. The predicted molar refractivity (Wildman–Crippen MR) is 68.8 cm³/mol. The number of benzene rings is 1. The third-order valence-corrected chi connectivity index (χ3v) is 4.12. The van der Waals surface area contributed by atoms with Gasteiger partial charge in [0, 0.05) is 9.75 Å². The Balaban J connectivity index is 2.39. The van der Waals surface area contributed by atoms with Crippen LogP contribution in [0.1, 0.15) is 24.6 Å². The number of hydrogen-bond acceptors (Lipinski definition) is 1. The van der Waals surface area contributed by atoms with Crippen LogP contribution in [-0.4, -0.2) is 0 Å². The van der Waals surface area contributed by atoms with E-state index in [0.717, 1.165) is 10.4 Å². The van der Waals surface area contributed by atoms with Crippen LogP contribution in [-0.2, 0) is 0 Å². The molecule has 0 saturated carbocycles. The van der Waals surface area contributed by atoms with Gasteiger partial charge in [0.15, 0.2) is 0 Å². The highest BCUT2D eigenvalue weighted by atomic mass is 35.5. The molecule has 0 unspecified atom stereocenters. The lowest BCUT2D eigenvalue weighted by Crippen LogP contribution is -1.78. The van der Waals surface area contributed by atoms with Crippen molar-refractivity contribution in [3.63, 3.8) is 0 Å². The SMILES string of the molecule is CC(C)c1ccc(-c2ccc(F)c(Cl)c2)s1. The lowest BCUT2D eigenvalue weighted by atomic mass is 10.1. The molecule has 0 aliphatic carbocycles. The topological polar surface area (TPSA) is 0 Å². The van der Waals surface area contributed by atoms with Gasteiger partial charge in [0.2, 0.25) is 0 Å². The minimum atomic E-state index is -0.369.